The van der Waals surface area contributed by atoms with Crippen LogP contribution in [0.4, 0.5) is 5.95 Å². The van der Waals surface area contributed by atoms with Crippen LogP contribution in [0.15, 0.2) is 64.8 Å². The van der Waals surface area contributed by atoms with Gasteiger partial charge >= 0.3 is 0 Å². The lowest BCUT2D eigenvalue weighted by Crippen LogP contribution is -2.45. The number of fused-ring (bicyclic) bond motifs is 2. The van der Waals surface area contributed by atoms with E-state index in [1.54, 1.807) is 12.1 Å². The Bertz CT molecular complexity index is 1710. The van der Waals surface area contributed by atoms with Crippen LogP contribution in [-0.4, -0.2) is 47.9 Å². The molecule has 10 heteroatoms. The van der Waals surface area contributed by atoms with Crippen molar-refractivity contribution in [3.63, 3.8) is 0 Å². The molecule has 1 aliphatic heterocycles. The molecule has 37 heavy (non-hydrogen) atoms. The van der Waals surface area contributed by atoms with Crippen LogP contribution in [0.5, 0.6) is 0 Å². The number of nitrogens with two attached hydrogens (primary N) is 1. The molecule has 3 heterocycles. The Labute approximate surface area is 214 Å². The number of benzene rings is 2. The van der Waals surface area contributed by atoms with Gasteiger partial charge in [-0.25, -0.2) is 8.42 Å². The Morgan fingerprint density at radius 3 is 2.65 bits per heavy atom. The van der Waals surface area contributed by atoms with E-state index in [2.05, 4.69) is 49.8 Å². The number of nitrogens with one attached hydrogen (secondary N) is 2. The van der Waals surface area contributed by atoms with Gasteiger partial charge in [0.2, 0.25) is 5.95 Å². The number of H-pyrrole nitrogens is 2. The van der Waals surface area contributed by atoms with Gasteiger partial charge < -0.3 is 10.6 Å². The van der Waals surface area contributed by atoms with Crippen molar-refractivity contribution in [2.24, 2.45) is 11.1 Å². The summed E-state index contributed by atoms with van der Waals surface area (Å²) in [6, 6.07) is 14.9. The zero-order valence-corrected chi connectivity index (χ0v) is 21.3. The van der Waals surface area contributed by atoms with E-state index in [0.717, 1.165) is 38.6 Å². The Balaban J connectivity index is 1.26. The van der Waals surface area contributed by atoms with Crippen LogP contribution in [0.25, 0.3) is 16.6 Å². The highest BCUT2D eigenvalue weighted by molar-refractivity contribution is 7.90. The molecule has 2 aliphatic rings. The van der Waals surface area contributed by atoms with Gasteiger partial charge in [-0.15, -0.1) is 0 Å². The highest BCUT2D eigenvalue weighted by atomic mass is 32.2. The van der Waals surface area contributed by atoms with Crippen molar-refractivity contribution in [3.05, 3.63) is 87.8 Å². The number of piperidine rings is 1. The molecular formula is C27H28N6O3S. The number of nitrogens with zero attached hydrogens (tertiary/aromatic N) is 3. The number of aromatic nitrogens is 4. The molecule has 9 nitrogen and oxygen atoms in total. The van der Waals surface area contributed by atoms with Crippen LogP contribution in [0, 0.1) is 5.41 Å². The van der Waals surface area contributed by atoms with E-state index in [1.807, 2.05) is 6.07 Å². The highest BCUT2D eigenvalue weighted by Gasteiger charge is 2.46. The van der Waals surface area contributed by atoms with Gasteiger partial charge in [-0.1, -0.05) is 43.0 Å². The van der Waals surface area contributed by atoms with Crippen LogP contribution in [0.1, 0.15) is 41.3 Å². The number of aromatic amines is 2. The summed E-state index contributed by atoms with van der Waals surface area (Å²) in [5.74, 6) is 0.485. The summed E-state index contributed by atoms with van der Waals surface area (Å²) in [4.78, 5) is 23.0. The molecule has 1 atom stereocenters. The highest BCUT2D eigenvalue weighted by Crippen LogP contribution is 2.50. The Morgan fingerprint density at radius 2 is 1.92 bits per heavy atom. The summed E-state index contributed by atoms with van der Waals surface area (Å²) in [5.41, 5.74) is 10.7. The maximum absolute atomic E-state index is 13.2. The molecule has 1 saturated heterocycles. The first kappa shape index (κ1) is 23.6. The monoisotopic (exact) mass is 516 g/mol. The molecule has 2 aromatic heterocycles. The van der Waals surface area contributed by atoms with E-state index < -0.39 is 9.84 Å². The van der Waals surface area contributed by atoms with Crippen molar-refractivity contribution in [1.82, 2.24) is 20.2 Å². The third kappa shape index (κ3) is 3.87. The third-order valence-electron chi connectivity index (χ3n) is 7.98. The minimum atomic E-state index is -3.38. The molecule has 2 aromatic carbocycles. The summed E-state index contributed by atoms with van der Waals surface area (Å²) in [5, 5.41) is 7.45. The minimum absolute atomic E-state index is 0.0152. The molecule has 4 aromatic rings. The summed E-state index contributed by atoms with van der Waals surface area (Å²) < 4.78 is 24.0. The van der Waals surface area contributed by atoms with Crippen LogP contribution < -0.4 is 16.2 Å². The van der Waals surface area contributed by atoms with Gasteiger partial charge in [-0.2, -0.15) is 10.1 Å². The van der Waals surface area contributed by atoms with Gasteiger partial charge in [0.25, 0.3) is 5.56 Å². The van der Waals surface area contributed by atoms with E-state index in [0.29, 0.717) is 33.8 Å². The fourth-order valence-electron chi connectivity index (χ4n) is 5.82. The Kier molecular flexibility index (Phi) is 5.36. The number of rotatable bonds is 4. The molecule has 1 spiro atoms. The molecule has 0 bridgehead atoms. The van der Waals surface area contributed by atoms with Crippen molar-refractivity contribution in [2.75, 3.05) is 24.2 Å². The van der Waals surface area contributed by atoms with E-state index in [4.69, 9.17) is 5.73 Å². The van der Waals surface area contributed by atoms with Gasteiger partial charge in [0.1, 0.15) is 5.39 Å². The predicted octanol–water partition coefficient (Wildman–Crippen LogP) is 2.95. The average Bonchev–Trinajstić information content (AvgIpc) is 3.43. The number of sulfone groups is 1. The second-order valence-corrected chi connectivity index (χ2v) is 12.2. The normalized spacial score (nSPS) is 18.9. The smallest absolute Gasteiger partial charge is 0.264 e. The molecule has 190 valence electrons. The van der Waals surface area contributed by atoms with Gasteiger partial charge in [0, 0.05) is 31.0 Å². The third-order valence-corrected chi connectivity index (χ3v) is 9.09. The fourth-order valence-corrected chi connectivity index (χ4v) is 6.48. The standard InChI is InChI=1S/C27H28N6O3S/c1-16(17-7-5-8-19(14-17)37(2,35)36)22-21-24(32-31-22)29-26(30-25(21)34)33-12-10-27(11-13-33)15-18-6-3-4-9-20(18)23(27)28/h3-9,14,23H,1,10-13,15,28H2,2H3,(H2,29,30,31,32,34)/t23-/m1/s1. The van der Waals surface area contributed by atoms with E-state index in [9.17, 15) is 13.2 Å². The van der Waals surface area contributed by atoms with Crippen molar-refractivity contribution < 1.29 is 8.42 Å². The van der Waals surface area contributed by atoms with Crippen LogP contribution in [-0.2, 0) is 16.3 Å². The molecule has 0 saturated carbocycles. The SMILES string of the molecule is C=C(c1cccc(S(C)(=O)=O)c1)c1[nH]nc2nc(N3CCC4(CC3)Cc3ccccc3[C@H]4N)[nH]c(=O)c12. The molecule has 0 amide bonds. The lowest BCUT2D eigenvalue weighted by atomic mass is 9.73. The number of anilines is 1. The summed E-state index contributed by atoms with van der Waals surface area (Å²) in [7, 11) is -3.38. The van der Waals surface area contributed by atoms with Crippen LogP contribution >= 0.6 is 0 Å². The lowest BCUT2D eigenvalue weighted by molar-refractivity contribution is 0.187. The van der Waals surface area contributed by atoms with Gasteiger partial charge in [-0.3, -0.25) is 14.9 Å². The van der Waals surface area contributed by atoms with Gasteiger partial charge in [0.15, 0.2) is 15.5 Å². The second kappa shape index (κ2) is 8.39. The molecule has 4 N–H and O–H groups in total. The van der Waals surface area contributed by atoms with Crippen LogP contribution in [0.3, 0.4) is 0 Å². The molecule has 1 fully saturated rings. The number of hydrogen-bond donors (Lipinski definition) is 3. The van der Waals surface area contributed by atoms with Gasteiger partial charge in [-0.05, 0) is 53.5 Å². The molecule has 0 unspecified atom stereocenters. The molecular weight excluding hydrogens is 488 g/mol. The van der Waals surface area contributed by atoms with E-state index >= 15 is 0 Å². The average molecular weight is 517 g/mol. The first-order chi connectivity index (χ1) is 17.7. The zero-order chi connectivity index (χ0) is 25.9. The van der Waals surface area contributed by atoms with Crippen LogP contribution in [0.2, 0.25) is 0 Å². The molecule has 6 rings (SSSR count). The first-order valence-corrected chi connectivity index (χ1v) is 14.1. The first-order valence-electron chi connectivity index (χ1n) is 12.2. The quantitative estimate of drug-likeness (QED) is 0.379. The van der Waals surface area contributed by atoms with E-state index in [-0.39, 0.29) is 21.9 Å². The largest absolute Gasteiger partial charge is 0.342 e. The fraction of sp³-hybridized carbons (Fsp3) is 0.296. The zero-order valence-electron chi connectivity index (χ0n) is 20.5. The lowest BCUT2D eigenvalue weighted by Gasteiger charge is -2.42. The van der Waals surface area contributed by atoms with E-state index in [1.165, 1.54) is 23.3 Å². The van der Waals surface area contributed by atoms with Crippen molar-refractivity contribution in [2.45, 2.75) is 30.2 Å². The summed E-state index contributed by atoms with van der Waals surface area (Å²) in [6.07, 6.45) is 3.94. The number of hydrogen-bond acceptors (Lipinski definition) is 7. The topological polar surface area (TPSA) is 138 Å². The maximum Gasteiger partial charge on any atom is 0.264 e. The maximum atomic E-state index is 13.2. The van der Waals surface area contributed by atoms with Gasteiger partial charge in [0.05, 0.1) is 10.6 Å². The predicted molar refractivity (Wildman–Crippen MR) is 143 cm³/mol. The van der Waals surface area contributed by atoms with Crippen molar-refractivity contribution in [1.29, 1.82) is 0 Å². The molecule has 1 aliphatic carbocycles. The minimum Gasteiger partial charge on any atom is -0.342 e. The summed E-state index contributed by atoms with van der Waals surface area (Å²) >= 11 is 0. The second-order valence-electron chi connectivity index (χ2n) is 10.2. The van der Waals surface area contributed by atoms with Crippen molar-refractivity contribution in [3.8, 4) is 0 Å². The molecule has 0 radical (unpaired) electrons. The van der Waals surface area contributed by atoms with Crippen molar-refractivity contribution >= 4 is 32.4 Å². The summed E-state index contributed by atoms with van der Waals surface area (Å²) in [6.45, 7) is 5.56. The Morgan fingerprint density at radius 1 is 1.16 bits per heavy atom. The Hall–Kier alpha value is -3.76.